The number of hydrogen-bond donors (Lipinski definition) is 0. The van der Waals surface area contributed by atoms with Gasteiger partial charge in [0.05, 0.1) is 70.1 Å². The van der Waals surface area contributed by atoms with E-state index in [2.05, 4.69) is 0 Å². The molecule has 0 aromatic heterocycles. The predicted octanol–water partition coefficient (Wildman–Crippen LogP) is 11.5. The number of carbonyl (C=O) groups excluding carboxylic acids is 1. The molecular weight excluding hydrogens is 1070 g/mol. The molecule has 14 heteroatoms. The molecule has 8 aromatic rings. The first-order chi connectivity index (χ1) is 40.8. The maximum absolute atomic E-state index is 14.7. The molecule has 0 N–H and O–H groups in total. The highest BCUT2D eigenvalue weighted by Crippen LogP contribution is 2.38. The molecule has 83 heavy (non-hydrogen) atoms. The summed E-state index contributed by atoms with van der Waals surface area (Å²) in [5.41, 5.74) is 6.72. The van der Waals surface area contributed by atoms with Crippen LogP contribution in [-0.2, 0) is 103 Å². The summed E-state index contributed by atoms with van der Waals surface area (Å²) in [6.07, 6.45) is -9.33. The molecule has 0 radical (unpaired) electrons. The molecule has 4 unspecified atom stereocenters. The first kappa shape index (κ1) is 59.2. The molecule has 430 valence electrons. The van der Waals surface area contributed by atoms with Crippen molar-refractivity contribution in [2.75, 3.05) is 19.0 Å². The van der Waals surface area contributed by atoms with E-state index < -0.39 is 76.8 Å². The van der Waals surface area contributed by atoms with Crippen molar-refractivity contribution in [1.82, 2.24) is 0 Å². The van der Waals surface area contributed by atoms with Crippen LogP contribution in [0, 0.1) is 0 Å². The minimum absolute atomic E-state index is 0.0191. The Morgan fingerprint density at radius 2 is 0.651 bits per heavy atom. The van der Waals surface area contributed by atoms with Crippen molar-refractivity contribution >= 4 is 16.1 Å². The first-order valence-electron chi connectivity index (χ1n) is 28.1. The van der Waals surface area contributed by atoms with Gasteiger partial charge in [-0.2, -0.15) is 0 Å². The zero-order valence-corrected chi connectivity index (χ0v) is 47.0. The van der Waals surface area contributed by atoms with Gasteiger partial charge in [-0.1, -0.05) is 224 Å². The van der Waals surface area contributed by atoms with Crippen LogP contribution >= 0.6 is 0 Å². The zero-order chi connectivity index (χ0) is 56.9. The van der Waals surface area contributed by atoms with E-state index >= 15 is 0 Å². The van der Waals surface area contributed by atoms with Gasteiger partial charge in [-0.05, 0) is 51.1 Å². The largest absolute Gasteiger partial charge is 0.374 e. The Kier molecular flexibility index (Phi) is 21.7. The number of sulfone groups is 1. The van der Waals surface area contributed by atoms with Crippen molar-refractivity contribution in [3.63, 3.8) is 0 Å². The fourth-order valence-corrected chi connectivity index (χ4v) is 11.7. The van der Waals surface area contributed by atoms with Crippen LogP contribution < -0.4 is 0 Å². The molecule has 10 rings (SSSR count). The van der Waals surface area contributed by atoms with Gasteiger partial charge >= 0.3 is 0 Å². The van der Waals surface area contributed by atoms with Gasteiger partial charge in [0.1, 0.15) is 61.2 Å². The number of benzene rings is 8. The van der Waals surface area contributed by atoms with E-state index in [0.29, 0.717) is 18.5 Å². The standard InChI is InChI=1S/C69H70O13S/c70-40-51-36-38-59(39-37-51)83(71,72)50-62-64(76-44-55-28-14-4-15-29-55)66(77-45-56-30-16-5-17-31-56)65(61(80-62)49-74-42-53-24-10-2-11-25-53)82-69-68(79-47-58-34-20-7-21-35-58)67(78-46-57-32-18-6-19-33-57)63(75-43-54-26-12-3-13-27-54)60(81-69)48-73-41-52-22-8-1-9-23-52/h1-40,60-69H,41-50H2/t60?,61?,62-,63-,64?,65+,66-,67+,68?,69-/m0/s1. The number of hydrogen-bond acceptors (Lipinski definition) is 13. The van der Waals surface area contributed by atoms with Crippen LogP contribution in [0.25, 0.3) is 0 Å². The third-order valence-corrected chi connectivity index (χ3v) is 16.3. The molecule has 2 aliphatic heterocycles. The Morgan fingerprint density at radius 1 is 0.337 bits per heavy atom. The predicted molar refractivity (Wildman–Crippen MR) is 313 cm³/mol. The molecule has 0 aliphatic carbocycles. The van der Waals surface area contributed by atoms with Gasteiger partial charge in [-0.25, -0.2) is 8.42 Å². The molecule has 13 nitrogen and oxygen atoms in total. The summed E-state index contributed by atoms with van der Waals surface area (Å²) in [5.74, 6) is -0.514. The molecule has 8 aromatic carbocycles. The molecule has 0 bridgehead atoms. The molecule has 0 spiro atoms. The quantitative estimate of drug-likeness (QED) is 0.0411. The van der Waals surface area contributed by atoms with Gasteiger partial charge in [0, 0.05) is 5.56 Å². The van der Waals surface area contributed by atoms with Gasteiger partial charge in [0.2, 0.25) is 0 Å². The number of carbonyl (C=O) groups is 1. The Balaban J connectivity index is 1.08. The van der Waals surface area contributed by atoms with E-state index in [9.17, 15) is 13.2 Å². The lowest BCUT2D eigenvalue weighted by Gasteiger charge is -2.50. The second kappa shape index (κ2) is 30.5. The fraction of sp³-hybridized carbons (Fsp3) is 0.290. The molecule has 0 amide bonds. The van der Waals surface area contributed by atoms with Gasteiger partial charge < -0.3 is 47.4 Å². The van der Waals surface area contributed by atoms with Crippen molar-refractivity contribution in [1.29, 1.82) is 0 Å². The van der Waals surface area contributed by atoms with Gasteiger partial charge in [-0.3, -0.25) is 4.79 Å². The van der Waals surface area contributed by atoms with Crippen molar-refractivity contribution in [2.45, 2.75) is 112 Å². The smallest absolute Gasteiger partial charge is 0.187 e. The van der Waals surface area contributed by atoms with E-state index in [1.54, 1.807) is 0 Å². The lowest BCUT2D eigenvalue weighted by Crippen LogP contribution is -2.66. The maximum Gasteiger partial charge on any atom is 0.187 e. The fourth-order valence-electron chi connectivity index (χ4n) is 10.3. The third-order valence-electron chi connectivity index (χ3n) is 14.6. The summed E-state index contributed by atoms with van der Waals surface area (Å²) in [6.45, 7) is 1.24. The summed E-state index contributed by atoms with van der Waals surface area (Å²) < 4.78 is 100.0. The summed E-state index contributed by atoms with van der Waals surface area (Å²) in [7, 11) is -4.12. The van der Waals surface area contributed by atoms with E-state index in [1.807, 2.05) is 212 Å². The normalized spacial score (nSPS) is 22.7. The Morgan fingerprint density at radius 3 is 1.02 bits per heavy atom. The van der Waals surface area contributed by atoms with Gasteiger partial charge in [0.15, 0.2) is 16.1 Å². The van der Waals surface area contributed by atoms with Crippen LogP contribution in [0.2, 0.25) is 0 Å². The van der Waals surface area contributed by atoms with E-state index in [1.165, 1.54) is 24.3 Å². The Hall–Kier alpha value is -7.02. The van der Waals surface area contributed by atoms with Crippen LogP contribution in [0.5, 0.6) is 0 Å². The first-order valence-corrected chi connectivity index (χ1v) is 29.8. The van der Waals surface area contributed by atoms with E-state index in [4.69, 9.17) is 47.4 Å². The van der Waals surface area contributed by atoms with Crippen molar-refractivity contribution in [3.05, 3.63) is 281 Å². The summed E-state index contributed by atoms with van der Waals surface area (Å²) in [4.78, 5) is 11.7. The minimum atomic E-state index is -4.12. The maximum atomic E-state index is 14.7. The molecular formula is C69H70O13S. The van der Waals surface area contributed by atoms with Crippen LogP contribution in [0.15, 0.2) is 241 Å². The lowest BCUT2D eigenvalue weighted by molar-refractivity contribution is -0.362. The second-order valence-corrected chi connectivity index (χ2v) is 22.7. The number of aldehydes is 1. The average Bonchev–Trinajstić information content (AvgIpc) is 3.73. The van der Waals surface area contributed by atoms with Gasteiger partial charge in [-0.15, -0.1) is 0 Å². The van der Waals surface area contributed by atoms with Gasteiger partial charge in [0.25, 0.3) is 0 Å². The second-order valence-electron chi connectivity index (χ2n) is 20.6. The Bertz CT molecular complexity index is 3240. The minimum Gasteiger partial charge on any atom is -0.374 e. The number of rotatable bonds is 29. The van der Waals surface area contributed by atoms with Crippen LogP contribution in [-0.4, -0.2) is 94.9 Å². The monoisotopic (exact) mass is 1140 g/mol. The molecule has 2 aliphatic rings. The molecule has 2 saturated heterocycles. The van der Waals surface area contributed by atoms with Crippen LogP contribution in [0.1, 0.15) is 49.3 Å². The SMILES string of the molecule is O=Cc1ccc(S(=O)(=O)C[C@@H]2OC(COCc3ccccc3)[C@@H](O[C@@H]3OC(COCc4ccccc4)[C@H](OCc4ccccc4)[C@@H](OCc4ccccc4)C3OCc3ccccc3)[C@@H](OCc3ccccc3)C2OCc2ccccc2)cc1. The average molecular weight is 1140 g/mol. The third kappa shape index (κ3) is 17.1. The highest BCUT2D eigenvalue weighted by Gasteiger charge is 2.55. The molecule has 0 saturated carbocycles. The van der Waals surface area contributed by atoms with Crippen molar-refractivity contribution in [3.8, 4) is 0 Å². The van der Waals surface area contributed by atoms with Crippen molar-refractivity contribution < 1.29 is 60.6 Å². The Labute approximate surface area is 486 Å². The molecule has 2 heterocycles. The topological polar surface area (TPSA) is 144 Å². The zero-order valence-electron chi connectivity index (χ0n) is 46.2. The highest BCUT2D eigenvalue weighted by atomic mass is 32.2. The van der Waals surface area contributed by atoms with E-state index in [-0.39, 0.29) is 57.8 Å². The van der Waals surface area contributed by atoms with E-state index in [0.717, 1.165) is 38.9 Å². The summed E-state index contributed by atoms with van der Waals surface area (Å²) in [6, 6.07) is 74.6. The summed E-state index contributed by atoms with van der Waals surface area (Å²) in [5, 5.41) is 0. The van der Waals surface area contributed by atoms with Crippen molar-refractivity contribution in [2.24, 2.45) is 0 Å². The molecule has 10 atom stereocenters. The lowest BCUT2D eigenvalue weighted by atomic mass is 9.93. The van der Waals surface area contributed by atoms with Crippen LogP contribution in [0.4, 0.5) is 0 Å². The number of ether oxygens (including phenoxy) is 10. The molecule has 2 fully saturated rings. The summed E-state index contributed by atoms with van der Waals surface area (Å²) >= 11 is 0. The van der Waals surface area contributed by atoms with Crippen LogP contribution in [0.3, 0.4) is 0 Å². The highest BCUT2D eigenvalue weighted by molar-refractivity contribution is 7.91.